The number of rotatable bonds is 3. The van der Waals surface area contributed by atoms with Gasteiger partial charge in [0.2, 0.25) is 0 Å². The van der Waals surface area contributed by atoms with Gasteiger partial charge in [0.1, 0.15) is 11.9 Å². The van der Waals surface area contributed by atoms with E-state index in [1.165, 1.54) is 0 Å². The molecule has 1 unspecified atom stereocenters. The molecule has 1 aromatic carbocycles. The molecule has 104 valence electrons. The first-order chi connectivity index (χ1) is 9.86. The number of nitrogens with one attached hydrogen (secondary N) is 1. The predicted molar refractivity (Wildman–Crippen MR) is 81.3 cm³/mol. The van der Waals surface area contributed by atoms with Crippen molar-refractivity contribution >= 4 is 17.6 Å². The minimum absolute atomic E-state index is 0.0653. The molecule has 3 rings (SSSR count). The maximum absolute atomic E-state index is 5.74. The van der Waals surface area contributed by atoms with Crippen molar-refractivity contribution in [3.8, 4) is 11.3 Å². The zero-order valence-electron chi connectivity index (χ0n) is 11.0. The number of hydrogen-bond acceptors (Lipinski definition) is 6. The monoisotopic (exact) mass is 288 g/mol. The van der Waals surface area contributed by atoms with E-state index < -0.39 is 0 Å². The lowest BCUT2D eigenvalue weighted by molar-refractivity contribution is 0.0696. The van der Waals surface area contributed by atoms with E-state index in [2.05, 4.69) is 15.4 Å². The van der Waals surface area contributed by atoms with Gasteiger partial charge in [-0.1, -0.05) is 30.3 Å². The maximum atomic E-state index is 5.74. The Bertz CT molecular complexity index is 573. The standard InChI is InChI=1S/C14H16N4OS/c15-18-13-8-11(10-4-2-1-3-5-10)16-14(17-13)12-9-20-7-6-19-12/h1-5,8,12H,6-7,9,15H2,(H,16,17,18). The van der Waals surface area contributed by atoms with Gasteiger partial charge in [-0.25, -0.2) is 15.8 Å². The first kappa shape index (κ1) is 13.4. The second-order valence-electron chi connectivity index (χ2n) is 4.44. The summed E-state index contributed by atoms with van der Waals surface area (Å²) in [6, 6.07) is 11.8. The van der Waals surface area contributed by atoms with Gasteiger partial charge in [0, 0.05) is 23.1 Å². The average Bonchev–Trinajstić information content (AvgIpc) is 2.56. The number of hydrazine groups is 1. The first-order valence-electron chi connectivity index (χ1n) is 6.47. The van der Waals surface area contributed by atoms with Crippen LogP contribution in [0.1, 0.15) is 11.9 Å². The largest absolute Gasteiger partial charge is 0.368 e. The van der Waals surface area contributed by atoms with Crippen LogP contribution >= 0.6 is 11.8 Å². The van der Waals surface area contributed by atoms with Crippen molar-refractivity contribution in [1.82, 2.24) is 9.97 Å². The molecular formula is C14H16N4OS. The smallest absolute Gasteiger partial charge is 0.161 e. The zero-order chi connectivity index (χ0) is 13.8. The summed E-state index contributed by atoms with van der Waals surface area (Å²) in [5.74, 6) is 8.70. The van der Waals surface area contributed by atoms with E-state index in [1.807, 2.05) is 48.2 Å². The number of benzene rings is 1. The zero-order valence-corrected chi connectivity index (χ0v) is 11.8. The Balaban J connectivity index is 1.98. The molecule has 1 aliphatic heterocycles. The van der Waals surface area contributed by atoms with Crippen molar-refractivity contribution in [2.75, 3.05) is 23.5 Å². The van der Waals surface area contributed by atoms with Crippen LogP contribution in [0.25, 0.3) is 11.3 Å². The summed E-state index contributed by atoms with van der Waals surface area (Å²) in [5.41, 5.74) is 4.49. The van der Waals surface area contributed by atoms with Crippen molar-refractivity contribution < 1.29 is 4.74 Å². The Hall–Kier alpha value is -1.63. The van der Waals surface area contributed by atoms with Gasteiger partial charge in [0.25, 0.3) is 0 Å². The number of ether oxygens (including phenoxy) is 1. The van der Waals surface area contributed by atoms with Gasteiger partial charge in [0.15, 0.2) is 5.82 Å². The van der Waals surface area contributed by atoms with Crippen LogP contribution < -0.4 is 11.3 Å². The number of aromatic nitrogens is 2. The summed E-state index contributed by atoms with van der Waals surface area (Å²) in [6.07, 6.45) is -0.0653. The highest BCUT2D eigenvalue weighted by Crippen LogP contribution is 2.27. The van der Waals surface area contributed by atoms with E-state index in [1.54, 1.807) is 0 Å². The quantitative estimate of drug-likeness (QED) is 0.666. The molecule has 0 saturated carbocycles. The molecule has 0 spiro atoms. The normalized spacial score (nSPS) is 18.8. The van der Waals surface area contributed by atoms with Gasteiger partial charge in [0.05, 0.1) is 12.3 Å². The third kappa shape index (κ3) is 2.92. The molecule has 20 heavy (non-hydrogen) atoms. The van der Waals surface area contributed by atoms with Crippen molar-refractivity contribution in [1.29, 1.82) is 0 Å². The lowest BCUT2D eigenvalue weighted by Gasteiger charge is -2.21. The number of nitrogens with two attached hydrogens (primary N) is 1. The molecule has 1 aromatic heterocycles. The van der Waals surface area contributed by atoms with Gasteiger partial charge in [-0.3, -0.25) is 0 Å². The van der Waals surface area contributed by atoms with Crippen LogP contribution in [0.3, 0.4) is 0 Å². The van der Waals surface area contributed by atoms with Crippen LogP contribution in [0, 0.1) is 0 Å². The van der Waals surface area contributed by atoms with Gasteiger partial charge >= 0.3 is 0 Å². The van der Waals surface area contributed by atoms with Crippen LogP contribution in [0.2, 0.25) is 0 Å². The molecule has 6 heteroatoms. The summed E-state index contributed by atoms with van der Waals surface area (Å²) < 4.78 is 5.74. The first-order valence-corrected chi connectivity index (χ1v) is 7.62. The molecule has 0 bridgehead atoms. The van der Waals surface area contributed by atoms with Crippen LogP contribution in [0.4, 0.5) is 5.82 Å². The topological polar surface area (TPSA) is 73.1 Å². The molecule has 2 aromatic rings. The Morgan fingerprint density at radius 3 is 2.80 bits per heavy atom. The van der Waals surface area contributed by atoms with Crippen molar-refractivity contribution in [2.24, 2.45) is 5.84 Å². The molecule has 3 N–H and O–H groups in total. The van der Waals surface area contributed by atoms with E-state index in [4.69, 9.17) is 10.6 Å². The van der Waals surface area contributed by atoms with Gasteiger partial charge < -0.3 is 10.2 Å². The van der Waals surface area contributed by atoms with Gasteiger partial charge in [-0.15, -0.1) is 0 Å². The molecule has 5 nitrogen and oxygen atoms in total. The van der Waals surface area contributed by atoms with Crippen LogP contribution in [-0.2, 0) is 4.74 Å². The SMILES string of the molecule is NNc1cc(-c2ccccc2)nc(C2CSCCO2)n1. The van der Waals surface area contributed by atoms with Crippen LogP contribution in [-0.4, -0.2) is 28.1 Å². The van der Waals surface area contributed by atoms with Crippen molar-refractivity contribution in [2.45, 2.75) is 6.10 Å². The molecule has 1 fully saturated rings. The van der Waals surface area contributed by atoms with E-state index in [0.717, 1.165) is 29.4 Å². The number of thioether (sulfide) groups is 1. The van der Waals surface area contributed by atoms with E-state index in [-0.39, 0.29) is 6.10 Å². The summed E-state index contributed by atoms with van der Waals surface area (Å²) in [4.78, 5) is 9.05. The highest BCUT2D eigenvalue weighted by molar-refractivity contribution is 7.99. The predicted octanol–water partition coefficient (Wildman–Crippen LogP) is 2.23. The fourth-order valence-electron chi connectivity index (χ4n) is 2.08. The Morgan fingerprint density at radius 1 is 1.25 bits per heavy atom. The lowest BCUT2D eigenvalue weighted by atomic mass is 10.1. The number of hydrogen-bond donors (Lipinski definition) is 2. The van der Waals surface area contributed by atoms with Crippen molar-refractivity contribution in [3.05, 3.63) is 42.2 Å². The highest BCUT2D eigenvalue weighted by atomic mass is 32.2. The third-order valence-corrected chi connectivity index (χ3v) is 4.06. The second kappa shape index (κ2) is 6.21. The molecule has 1 aliphatic rings. The van der Waals surface area contributed by atoms with E-state index in [9.17, 15) is 0 Å². The summed E-state index contributed by atoms with van der Waals surface area (Å²) in [6.45, 7) is 0.736. The Labute approximate surface area is 121 Å². The van der Waals surface area contributed by atoms with Crippen molar-refractivity contribution in [3.63, 3.8) is 0 Å². The number of nitrogen functional groups attached to an aromatic ring is 1. The molecule has 2 heterocycles. The minimum Gasteiger partial charge on any atom is -0.368 e. The molecule has 0 aliphatic carbocycles. The number of anilines is 1. The lowest BCUT2D eigenvalue weighted by Crippen LogP contribution is -2.19. The number of nitrogens with zero attached hydrogens (tertiary/aromatic N) is 2. The summed E-state index contributed by atoms with van der Waals surface area (Å²) in [7, 11) is 0. The minimum atomic E-state index is -0.0653. The molecule has 1 atom stereocenters. The fraction of sp³-hybridized carbons (Fsp3) is 0.286. The van der Waals surface area contributed by atoms with Gasteiger partial charge in [-0.2, -0.15) is 11.8 Å². The van der Waals surface area contributed by atoms with E-state index in [0.29, 0.717) is 11.6 Å². The molecule has 0 radical (unpaired) electrons. The molecule has 0 amide bonds. The third-order valence-electron chi connectivity index (χ3n) is 3.06. The Kier molecular flexibility index (Phi) is 4.15. The summed E-state index contributed by atoms with van der Waals surface area (Å²) >= 11 is 1.86. The second-order valence-corrected chi connectivity index (χ2v) is 5.59. The highest BCUT2D eigenvalue weighted by Gasteiger charge is 2.20. The average molecular weight is 288 g/mol. The summed E-state index contributed by atoms with van der Waals surface area (Å²) in [5, 5.41) is 0. The van der Waals surface area contributed by atoms with E-state index >= 15 is 0 Å². The maximum Gasteiger partial charge on any atom is 0.161 e. The Morgan fingerprint density at radius 2 is 2.10 bits per heavy atom. The van der Waals surface area contributed by atoms with Gasteiger partial charge in [-0.05, 0) is 0 Å². The molecule has 1 saturated heterocycles. The van der Waals surface area contributed by atoms with Crippen LogP contribution in [0.15, 0.2) is 36.4 Å². The molecular weight excluding hydrogens is 272 g/mol. The van der Waals surface area contributed by atoms with Crippen LogP contribution in [0.5, 0.6) is 0 Å². The fourth-order valence-corrected chi connectivity index (χ4v) is 2.92.